The van der Waals surface area contributed by atoms with Crippen molar-refractivity contribution in [1.82, 2.24) is 15.6 Å². The number of benzene rings is 1. The average molecular weight is 381 g/mol. The number of hydrogen-bond acceptors (Lipinski definition) is 3. The minimum atomic E-state index is -4.42. The molecule has 0 fully saturated rings. The number of halogens is 3. The Bertz CT molecular complexity index is 724. The molecule has 0 aliphatic carbocycles. The molecule has 1 atom stereocenters. The van der Waals surface area contributed by atoms with Crippen molar-refractivity contribution in [3.05, 3.63) is 59.8 Å². The molecule has 2 amide bonds. The van der Waals surface area contributed by atoms with Crippen LogP contribution in [0.4, 0.5) is 18.0 Å². The zero-order valence-corrected chi connectivity index (χ0v) is 14.9. The highest BCUT2D eigenvalue weighted by Crippen LogP contribution is 2.17. The fraction of sp³-hybridized carbons (Fsp3) is 0.368. The number of amides is 2. The van der Waals surface area contributed by atoms with Crippen LogP contribution in [-0.4, -0.2) is 29.8 Å². The van der Waals surface area contributed by atoms with Gasteiger partial charge in [0.1, 0.15) is 0 Å². The maximum Gasteiger partial charge on any atom is 0.422 e. The minimum absolute atomic E-state index is 0.0201. The van der Waals surface area contributed by atoms with Gasteiger partial charge < -0.3 is 15.4 Å². The Morgan fingerprint density at radius 3 is 2.63 bits per heavy atom. The summed E-state index contributed by atoms with van der Waals surface area (Å²) in [6.07, 6.45) is -1.44. The molecule has 0 aliphatic rings. The van der Waals surface area contributed by atoms with E-state index >= 15 is 0 Å². The first-order valence-electron chi connectivity index (χ1n) is 8.54. The predicted molar refractivity (Wildman–Crippen MR) is 95.4 cm³/mol. The fourth-order valence-electron chi connectivity index (χ4n) is 2.35. The summed E-state index contributed by atoms with van der Waals surface area (Å²) in [6.45, 7) is 0.663. The molecule has 0 bridgehead atoms. The molecule has 2 rings (SSSR count). The Morgan fingerprint density at radius 1 is 1.19 bits per heavy atom. The number of nitrogens with zero attached hydrogens (tertiary/aromatic N) is 1. The van der Waals surface area contributed by atoms with Crippen LogP contribution in [0, 0.1) is 0 Å². The summed E-state index contributed by atoms with van der Waals surface area (Å²) in [5.41, 5.74) is 1.80. The van der Waals surface area contributed by atoms with Crippen LogP contribution in [0.2, 0.25) is 0 Å². The molecule has 0 saturated carbocycles. The molecular formula is C19H22F3N3O2. The van der Waals surface area contributed by atoms with Gasteiger partial charge in [-0.1, -0.05) is 30.3 Å². The van der Waals surface area contributed by atoms with E-state index in [9.17, 15) is 18.0 Å². The Kier molecular flexibility index (Phi) is 7.45. The van der Waals surface area contributed by atoms with Crippen LogP contribution < -0.4 is 15.4 Å². The number of nitrogens with one attached hydrogen (secondary N) is 2. The van der Waals surface area contributed by atoms with E-state index in [1.165, 1.54) is 17.8 Å². The van der Waals surface area contributed by atoms with E-state index in [1.54, 1.807) is 6.07 Å². The van der Waals surface area contributed by atoms with Gasteiger partial charge in [-0.3, -0.25) is 0 Å². The van der Waals surface area contributed by atoms with Gasteiger partial charge >= 0.3 is 12.2 Å². The molecule has 0 spiro atoms. The lowest BCUT2D eigenvalue weighted by Gasteiger charge is -2.15. The molecule has 1 heterocycles. The summed E-state index contributed by atoms with van der Waals surface area (Å²) in [7, 11) is 0. The van der Waals surface area contributed by atoms with E-state index in [1.807, 2.05) is 37.3 Å². The van der Waals surface area contributed by atoms with E-state index in [0.29, 0.717) is 5.56 Å². The summed E-state index contributed by atoms with van der Waals surface area (Å²) in [4.78, 5) is 15.7. The molecule has 0 aliphatic heterocycles. The van der Waals surface area contributed by atoms with Crippen LogP contribution in [0.5, 0.6) is 5.88 Å². The lowest BCUT2D eigenvalue weighted by Crippen LogP contribution is -2.40. The number of carbonyl (C=O) groups is 1. The fourth-order valence-corrected chi connectivity index (χ4v) is 2.35. The summed E-state index contributed by atoms with van der Waals surface area (Å²) >= 11 is 0. The van der Waals surface area contributed by atoms with E-state index in [2.05, 4.69) is 20.4 Å². The lowest BCUT2D eigenvalue weighted by atomic mass is 10.1. The summed E-state index contributed by atoms with van der Waals surface area (Å²) < 4.78 is 41.1. The van der Waals surface area contributed by atoms with Crippen molar-refractivity contribution in [2.45, 2.75) is 38.5 Å². The van der Waals surface area contributed by atoms with Crippen LogP contribution >= 0.6 is 0 Å². The highest BCUT2D eigenvalue weighted by Gasteiger charge is 2.28. The van der Waals surface area contributed by atoms with Crippen molar-refractivity contribution < 1.29 is 22.7 Å². The van der Waals surface area contributed by atoms with Crippen molar-refractivity contribution in [2.75, 3.05) is 6.61 Å². The monoisotopic (exact) mass is 381 g/mol. The highest BCUT2D eigenvalue weighted by molar-refractivity contribution is 5.74. The Labute approximate surface area is 155 Å². The van der Waals surface area contributed by atoms with Gasteiger partial charge in [0.05, 0.1) is 0 Å². The van der Waals surface area contributed by atoms with Crippen LogP contribution in [0.1, 0.15) is 24.5 Å². The van der Waals surface area contributed by atoms with Gasteiger partial charge in [0, 0.05) is 24.8 Å². The molecule has 146 valence electrons. The molecule has 0 saturated heterocycles. The Hall–Kier alpha value is -2.77. The number of urea groups is 1. The number of aryl methyl sites for hydroxylation is 1. The SMILES string of the molecule is CC(CCc1ccccc1)NC(=O)NCc1ccnc(OCC(F)(F)F)c1. The third-order valence-electron chi connectivity index (χ3n) is 3.72. The highest BCUT2D eigenvalue weighted by atomic mass is 19.4. The summed E-state index contributed by atoms with van der Waals surface area (Å²) in [5, 5.41) is 5.51. The number of alkyl halides is 3. The molecular weight excluding hydrogens is 359 g/mol. The zero-order chi connectivity index (χ0) is 19.7. The topological polar surface area (TPSA) is 63.2 Å². The van der Waals surface area contributed by atoms with Gasteiger partial charge in [-0.25, -0.2) is 9.78 Å². The second-order valence-corrected chi connectivity index (χ2v) is 6.16. The quantitative estimate of drug-likeness (QED) is 0.730. The molecule has 1 aromatic carbocycles. The van der Waals surface area contributed by atoms with Gasteiger partial charge in [0.15, 0.2) is 6.61 Å². The van der Waals surface area contributed by atoms with E-state index < -0.39 is 12.8 Å². The predicted octanol–water partition coefficient (Wildman–Crippen LogP) is 3.84. The van der Waals surface area contributed by atoms with Gasteiger partial charge in [-0.15, -0.1) is 0 Å². The molecule has 2 N–H and O–H groups in total. The normalized spacial score (nSPS) is 12.3. The standard InChI is InChI=1S/C19H22F3N3O2/c1-14(7-8-15-5-3-2-4-6-15)25-18(26)24-12-16-9-10-23-17(11-16)27-13-19(20,21)22/h2-6,9-11,14H,7-8,12-13H2,1H3,(H2,24,25,26). The van der Waals surface area contributed by atoms with E-state index in [0.717, 1.165) is 12.8 Å². The van der Waals surface area contributed by atoms with Crippen molar-refractivity contribution in [1.29, 1.82) is 0 Å². The largest absolute Gasteiger partial charge is 0.468 e. The van der Waals surface area contributed by atoms with Crippen LogP contribution in [-0.2, 0) is 13.0 Å². The van der Waals surface area contributed by atoms with Gasteiger partial charge in [-0.05, 0) is 37.0 Å². The van der Waals surface area contributed by atoms with Gasteiger partial charge in [0.25, 0.3) is 0 Å². The van der Waals surface area contributed by atoms with Gasteiger partial charge in [0.2, 0.25) is 5.88 Å². The van der Waals surface area contributed by atoms with Crippen LogP contribution in [0.25, 0.3) is 0 Å². The van der Waals surface area contributed by atoms with Crippen molar-refractivity contribution >= 4 is 6.03 Å². The average Bonchev–Trinajstić information content (AvgIpc) is 2.64. The number of pyridine rings is 1. The first kappa shape index (κ1) is 20.5. The zero-order valence-electron chi connectivity index (χ0n) is 14.9. The molecule has 5 nitrogen and oxygen atoms in total. The number of ether oxygens (including phenoxy) is 1. The number of rotatable bonds is 8. The van der Waals surface area contributed by atoms with E-state index in [-0.39, 0.29) is 24.5 Å². The Balaban J connectivity index is 1.73. The number of carbonyl (C=O) groups excluding carboxylic acids is 1. The minimum Gasteiger partial charge on any atom is -0.468 e. The first-order valence-corrected chi connectivity index (χ1v) is 8.54. The smallest absolute Gasteiger partial charge is 0.422 e. The number of aromatic nitrogens is 1. The van der Waals surface area contributed by atoms with Gasteiger partial charge in [-0.2, -0.15) is 13.2 Å². The maximum atomic E-state index is 12.2. The molecule has 1 unspecified atom stereocenters. The maximum absolute atomic E-state index is 12.2. The first-order chi connectivity index (χ1) is 12.8. The molecule has 1 aromatic heterocycles. The summed E-state index contributed by atoms with van der Waals surface area (Å²) in [5.74, 6) is -0.136. The third-order valence-corrected chi connectivity index (χ3v) is 3.72. The van der Waals surface area contributed by atoms with E-state index in [4.69, 9.17) is 0 Å². The van der Waals surface area contributed by atoms with Crippen LogP contribution in [0.15, 0.2) is 48.7 Å². The molecule has 27 heavy (non-hydrogen) atoms. The second-order valence-electron chi connectivity index (χ2n) is 6.16. The van der Waals surface area contributed by atoms with Crippen molar-refractivity contribution in [3.8, 4) is 5.88 Å². The Morgan fingerprint density at radius 2 is 1.93 bits per heavy atom. The number of hydrogen-bond donors (Lipinski definition) is 2. The summed E-state index contributed by atoms with van der Waals surface area (Å²) in [6, 6.07) is 12.6. The molecule has 2 aromatic rings. The molecule has 0 radical (unpaired) electrons. The van der Waals surface area contributed by atoms with Crippen molar-refractivity contribution in [2.24, 2.45) is 0 Å². The van der Waals surface area contributed by atoms with Crippen molar-refractivity contribution in [3.63, 3.8) is 0 Å². The molecule has 8 heteroatoms. The second kappa shape index (κ2) is 9.80. The third kappa shape index (κ3) is 8.44. The lowest BCUT2D eigenvalue weighted by molar-refractivity contribution is -0.154. The van der Waals surface area contributed by atoms with Crippen LogP contribution in [0.3, 0.4) is 0 Å².